The van der Waals surface area contributed by atoms with Crippen molar-refractivity contribution in [2.45, 2.75) is 49.8 Å². The summed E-state index contributed by atoms with van der Waals surface area (Å²) in [4.78, 5) is 5.02. The molecule has 0 radical (unpaired) electrons. The van der Waals surface area contributed by atoms with Crippen molar-refractivity contribution in [3.8, 4) is 11.5 Å². The lowest BCUT2D eigenvalue weighted by molar-refractivity contribution is 0.307. The number of hydrogen-bond acceptors (Lipinski definition) is 5. The van der Waals surface area contributed by atoms with E-state index in [9.17, 15) is 8.42 Å². The molecule has 0 spiro atoms. The van der Waals surface area contributed by atoms with Crippen LogP contribution in [-0.4, -0.2) is 36.0 Å². The summed E-state index contributed by atoms with van der Waals surface area (Å²) in [6, 6.07) is 13.5. The quantitative estimate of drug-likeness (QED) is 0.631. The van der Waals surface area contributed by atoms with Crippen LogP contribution in [0.5, 0.6) is 0 Å². The summed E-state index contributed by atoms with van der Waals surface area (Å²) >= 11 is 0. The maximum Gasteiger partial charge on any atom is 0.258 e. The molecule has 2 heterocycles. The molecule has 7 heteroatoms. The van der Waals surface area contributed by atoms with Gasteiger partial charge in [0.15, 0.2) is 5.82 Å². The molecule has 0 amide bonds. The minimum absolute atomic E-state index is 0.109. The van der Waals surface area contributed by atoms with E-state index in [4.69, 9.17) is 4.52 Å². The molecule has 156 valence electrons. The van der Waals surface area contributed by atoms with Crippen LogP contribution in [0.15, 0.2) is 51.9 Å². The summed E-state index contributed by atoms with van der Waals surface area (Å²) in [6.45, 7) is 2.96. The number of aromatic nitrogens is 2. The van der Waals surface area contributed by atoms with Gasteiger partial charge in [-0.3, -0.25) is 0 Å². The van der Waals surface area contributed by atoms with Crippen LogP contribution in [0.25, 0.3) is 11.5 Å². The van der Waals surface area contributed by atoms with Gasteiger partial charge in [0.1, 0.15) is 0 Å². The maximum absolute atomic E-state index is 13.1. The Balaban J connectivity index is 1.29. The van der Waals surface area contributed by atoms with E-state index in [1.807, 2.05) is 43.3 Å². The van der Waals surface area contributed by atoms with Crippen molar-refractivity contribution in [3.05, 3.63) is 65.0 Å². The minimum atomic E-state index is -3.46. The lowest BCUT2D eigenvalue weighted by atomic mass is 9.97. The third-order valence-electron chi connectivity index (χ3n) is 6.34. The van der Waals surface area contributed by atoms with Crippen molar-refractivity contribution in [2.75, 3.05) is 13.1 Å². The number of benzene rings is 2. The molecule has 6 nitrogen and oxygen atoms in total. The predicted octanol–water partition coefficient (Wildman–Crippen LogP) is 4.10. The lowest BCUT2D eigenvalue weighted by Gasteiger charge is -2.29. The number of rotatable bonds is 4. The van der Waals surface area contributed by atoms with Gasteiger partial charge < -0.3 is 4.52 Å². The molecule has 2 aliphatic rings. The fourth-order valence-electron chi connectivity index (χ4n) is 4.54. The molecule has 1 saturated heterocycles. The number of sulfonamides is 1. The molecule has 1 aliphatic heterocycles. The van der Waals surface area contributed by atoms with E-state index in [1.54, 1.807) is 10.4 Å². The molecule has 30 heavy (non-hydrogen) atoms. The first-order valence-electron chi connectivity index (χ1n) is 10.5. The molecular weight excluding hydrogens is 398 g/mol. The topological polar surface area (TPSA) is 76.3 Å². The van der Waals surface area contributed by atoms with Crippen molar-refractivity contribution >= 4 is 10.0 Å². The largest absolute Gasteiger partial charge is 0.334 e. The summed E-state index contributed by atoms with van der Waals surface area (Å²) in [7, 11) is -3.46. The smallest absolute Gasteiger partial charge is 0.258 e. The van der Waals surface area contributed by atoms with E-state index in [-0.39, 0.29) is 5.92 Å². The SMILES string of the molecule is Cc1ccccc1-c1nc(C2CCN(S(=O)(=O)c3ccc4c(c3)CCC4)CC2)no1. The molecule has 3 aromatic rings. The number of fused-ring (bicyclic) bond motifs is 1. The zero-order valence-corrected chi connectivity index (χ0v) is 17.9. The molecule has 2 aromatic carbocycles. The fourth-order valence-corrected chi connectivity index (χ4v) is 6.06. The number of hydrogen-bond donors (Lipinski definition) is 0. The first kappa shape index (κ1) is 19.5. The van der Waals surface area contributed by atoms with Gasteiger partial charge in [0.2, 0.25) is 10.0 Å². The van der Waals surface area contributed by atoms with Gasteiger partial charge >= 0.3 is 0 Å². The average molecular weight is 424 g/mol. The Morgan fingerprint density at radius 3 is 2.60 bits per heavy atom. The van der Waals surface area contributed by atoms with Gasteiger partial charge in [0.25, 0.3) is 5.89 Å². The van der Waals surface area contributed by atoms with E-state index in [2.05, 4.69) is 10.1 Å². The van der Waals surface area contributed by atoms with Gasteiger partial charge in [-0.25, -0.2) is 8.42 Å². The van der Waals surface area contributed by atoms with Gasteiger partial charge in [-0.15, -0.1) is 0 Å². The van der Waals surface area contributed by atoms with Crippen LogP contribution in [-0.2, 0) is 22.9 Å². The van der Waals surface area contributed by atoms with Crippen LogP contribution in [0.4, 0.5) is 0 Å². The maximum atomic E-state index is 13.1. The first-order chi connectivity index (χ1) is 14.5. The van der Waals surface area contributed by atoms with E-state index in [1.165, 1.54) is 11.1 Å². The molecule has 5 rings (SSSR count). The number of aryl methyl sites for hydroxylation is 3. The van der Waals surface area contributed by atoms with E-state index in [0.717, 1.165) is 30.4 Å². The zero-order valence-electron chi connectivity index (χ0n) is 17.0. The second-order valence-electron chi connectivity index (χ2n) is 8.24. The van der Waals surface area contributed by atoms with Gasteiger partial charge in [-0.2, -0.15) is 9.29 Å². The highest BCUT2D eigenvalue weighted by Crippen LogP contribution is 2.32. The fraction of sp³-hybridized carbons (Fsp3) is 0.391. The highest BCUT2D eigenvalue weighted by atomic mass is 32.2. The van der Waals surface area contributed by atoms with Gasteiger partial charge in [0, 0.05) is 24.6 Å². The second kappa shape index (κ2) is 7.63. The molecule has 0 saturated carbocycles. The van der Waals surface area contributed by atoms with Crippen molar-refractivity contribution in [3.63, 3.8) is 0 Å². The van der Waals surface area contributed by atoms with E-state index >= 15 is 0 Å². The molecule has 0 bridgehead atoms. The van der Waals surface area contributed by atoms with Crippen molar-refractivity contribution in [2.24, 2.45) is 0 Å². The first-order valence-corrected chi connectivity index (χ1v) is 12.0. The Hall–Kier alpha value is -2.51. The summed E-state index contributed by atoms with van der Waals surface area (Å²) in [5.41, 5.74) is 4.49. The summed E-state index contributed by atoms with van der Waals surface area (Å²) in [5, 5.41) is 4.19. The standard InChI is InChI=1S/C23H25N3O3S/c1-16-5-2-3-8-21(16)23-24-22(25-29-23)18-11-13-26(14-12-18)30(27,28)20-10-9-17-6-4-7-19(17)15-20/h2-3,5,8-10,15,18H,4,6-7,11-14H2,1H3. The average Bonchev–Trinajstić information content (AvgIpc) is 3.43. The zero-order chi connectivity index (χ0) is 20.7. The predicted molar refractivity (Wildman–Crippen MR) is 114 cm³/mol. The van der Waals surface area contributed by atoms with Gasteiger partial charge in [0.05, 0.1) is 4.90 Å². The molecule has 0 unspecified atom stereocenters. The Labute approximate surface area is 177 Å². The Bertz CT molecular complexity index is 1180. The van der Waals surface area contributed by atoms with Crippen LogP contribution in [0, 0.1) is 6.92 Å². The third kappa shape index (κ3) is 3.46. The van der Waals surface area contributed by atoms with Crippen LogP contribution in [0.3, 0.4) is 0 Å². The second-order valence-corrected chi connectivity index (χ2v) is 10.2. The Morgan fingerprint density at radius 2 is 1.80 bits per heavy atom. The third-order valence-corrected chi connectivity index (χ3v) is 8.24. The molecule has 1 aromatic heterocycles. The molecule has 0 N–H and O–H groups in total. The number of piperidine rings is 1. The van der Waals surface area contributed by atoms with E-state index in [0.29, 0.717) is 42.5 Å². The summed E-state index contributed by atoms with van der Waals surface area (Å²) < 4.78 is 33.4. The highest BCUT2D eigenvalue weighted by Gasteiger charge is 2.32. The van der Waals surface area contributed by atoms with E-state index < -0.39 is 10.0 Å². The summed E-state index contributed by atoms with van der Waals surface area (Å²) in [6.07, 6.45) is 4.52. The van der Waals surface area contributed by atoms with Gasteiger partial charge in [-0.05, 0) is 73.9 Å². The van der Waals surface area contributed by atoms with Crippen LogP contribution < -0.4 is 0 Å². The summed E-state index contributed by atoms with van der Waals surface area (Å²) in [5.74, 6) is 1.30. The molecule has 1 aliphatic carbocycles. The normalized spacial score (nSPS) is 17.9. The number of nitrogens with zero attached hydrogens (tertiary/aromatic N) is 3. The Kier molecular flexibility index (Phi) is 4.95. The van der Waals surface area contributed by atoms with Crippen molar-refractivity contribution in [1.29, 1.82) is 0 Å². The molecular formula is C23H25N3O3S. The monoisotopic (exact) mass is 423 g/mol. The highest BCUT2D eigenvalue weighted by molar-refractivity contribution is 7.89. The molecule has 1 fully saturated rings. The van der Waals surface area contributed by atoms with Crippen LogP contribution >= 0.6 is 0 Å². The van der Waals surface area contributed by atoms with Crippen molar-refractivity contribution < 1.29 is 12.9 Å². The minimum Gasteiger partial charge on any atom is -0.334 e. The molecule has 0 atom stereocenters. The van der Waals surface area contributed by atoms with Crippen molar-refractivity contribution in [1.82, 2.24) is 14.4 Å². The van der Waals surface area contributed by atoms with Gasteiger partial charge in [-0.1, -0.05) is 29.4 Å². The van der Waals surface area contributed by atoms with Crippen LogP contribution in [0.2, 0.25) is 0 Å². The van der Waals surface area contributed by atoms with Crippen LogP contribution in [0.1, 0.15) is 47.7 Å². The Morgan fingerprint density at radius 1 is 1.03 bits per heavy atom. The lowest BCUT2D eigenvalue weighted by Crippen LogP contribution is -2.38.